The van der Waals surface area contributed by atoms with E-state index in [4.69, 9.17) is 4.74 Å². The van der Waals surface area contributed by atoms with Crippen LogP contribution in [0.1, 0.15) is 17.3 Å². The van der Waals surface area contributed by atoms with Gasteiger partial charge in [0.25, 0.3) is 0 Å². The second-order valence-electron chi connectivity index (χ2n) is 6.56. The van der Waals surface area contributed by atoms with E-state index in [2.05, 4.69) is 67.3 Å². The van der Waals surface area contributed by atoms with Gasteiger partial charge >= 0.3 is 5.97 Å². The highest BCUT2D eigenvalue weighted by Gasteiger charge is 2.46. The normalized spacial score (nSPS) is 11.0. The molecule has 0 amide bonds. The van der Waals surface area contributed by atoms with Gasteiger partial charge in [0.1, 0.15) is 28.7 Å². The van der Waals surface area contributed by atoms with Crippen molar-refractivity contribution < 1.29 is 26.5 Å². The van der Waals surface area contributed by atoms with Gasteiger partial charge in [0, 0.05) is 0 Å². The summed E-state index contributed by atoms with van der Waals surface area (Å²) in [6.45, 7) is 6.01. The number of esters is 1. The van der Waals surface area contributed by atoms with Crippen molar-refractivity contribution >= 4 is 29.1 Å². The predicted molar refractivity (Wildman–Crippen MR) is 125 cm³/mol. The fourth-order valence-electron chi connectivity index (χ4n) is 3.60. The van der Waals surface area contributed by atoms with Gasteiger partial charge < -0.3 is 21.7 Å². The Kier molecular flexibility index (Phi) is 9.23. The van der Waals surface area contributed by atoms with E-state index < -0.39 is 7.26 Å². The van der Waals surface area contributed by atoms with Crippen LogP contribution in [0, 0.1) is 0 Å². The minimum Gasteiger partial charge on any atom is -1.00 e. The van der Waals surface area contributed by atoms with Crippen molar-refractivity contribution in [2.24, 2.45) is 0 Å². The molecule has 0 spiro atoms. The van der Waals surface area contributed by atoms with Crippen LogP contribution in [0.25, 0.3) is 0 Å². The number of hydrogen-bond acceptors (Lipinski definition) is 2. The smallest absolute Gasteiger partial charge is 0.342 e. The maximum Gasteiger partial charge on any atom is 0.342 e. The molecule has 0 aliphatic carbocycles. The van der Waals surface area contributed by atoms with Gasteiger partial charge in [0.2, 0.25) is 0 Å². The fraction of sp³-hybridized carbons (Fsp3) is 0.115. The van der Waals surface area contributed by atoms with Gasteiger partial charge in [-0.2, -0.15) is 0 Å². The topological polar surface area (TPSA) is 26.3 Å². The summed E-state index contributed by atoms with van der Waals surface area (Å²) in [5.41, 5.74) is 0.641. The first kappa shape index (κ1) is 23.8. The number of allylic oxidation sites excluding steroid dienone is 3. The molecule has 0 aromatic heterocycles. The molecule has 2 nitrogen and oxygen atoms in total. The molecule has 30 heavy (non-hydrogen) atoms. The molecular weight excluding hydrogens is 455 g/mol. The van der Waals surface area contributed by atoms with E-state index in [1.807, 2.05) is 43.3 Å². The summed E-state index contributed by atoms with van der Waals surface area (Å²) in [7, 11) is -2.13. The van der Waals surface area contributed by atoms with Crippen LogP contribution in [-0.4, -0.2) is 18.7 Å². The van der Waals surface area contributed by atoms with Gasteiger partial charge in [0.05, 0.1) is 12.8 Å². The van der Waals surface area contributed by atoms with Crippen LogP contribution < -0.4 is 32.9 Å². The Hall–Kier alpha value is -2.48. The van der Waals surface area contributed by atoms with E-state index in [1.54, 1.807) is 6.08 Å². The minimum absolute atomic E-state index is 0. The molecule has 0 saturated heterocycles. The Bertz CT molecular complexity index is 945. The summed E-state index contributed by atoms with van der Waals surface area (Å²) in [6, 6.07) is 28.9. The Morgan fingerprint density at radius 3 is 1.97 bits per heavy atom. The molecule has 3 aromatic carbocycles. The lowest BCUT2D eigenvalue weighted by Gasteiger charge is -2.28. The van der Waals surface area contributed by atoms with Crippen LogP contribution in [0.2, 0.25) is 0 Å². The quantitative estimate of drug-likeness (QED) is 0.279. The molecule has 0 bridgehead atoms. The molecule has 0 aliphatic rings. The zero-order valence-electron chi connectivity index (χ0n) is 17.1. The third-order valence-electron chi connectivity index (χ3n) is 4.86. The van der Waals surface area contributed by atoms with Gasteiger partial charge in [-0.05, 0) is 49.4 Å². The highest BCUT2D eigenvalue weighted by atomic mass is 79.9. The molecule has 0 saturated carbocycles. The van der Waals surface area contributed by atoms with E-state index >= 15 is 0 Å². The first-order valence-electron chi connectivity index (χ1n) is 9.77. The minimum atomic E-state index is -2.13. The number of rotatable bonds is 8. The zero-order chi connectivity index (χ0) is 20.5. The van der Waals surface area contributed by atoms with Gasteiger partial charge in [-0.1, -0.05) is 67.3 Å². The molecule has 3 rings (SSSR count). The predicted octanol–water partition coefficient (Wildman–Crippen LogP) is 1.90. The zero-order valence-corrected chi connectivity index (χ0v) is 19.6. The monoisotopic (exact) mass is 480 g/mol. The molecule has 154 valence electrons. The Balaban J connectivity index is 0.00000320. The van der Waals surface area contributed by atoms with Crippen molar-refractivity contribution in [3.05, 3.63) is 115 Å². The van der Waals surface area contributed by atoms with Crippen LogP contribution in [0.5, 0.6) is 0 Å². The molecular formula is C26H26BrO2P. The van der Waals surface area contributed by atoms with Gasteiger partial charge in [-0.3, -0.25) is 0 Å². The van der Waals surface area contributed by atoms with Crippen molar-refractivity contribution in [2.75, 3.05) is 12.8 Å². The summed E-state index contributed by atoms with van der Waals surface area (Å²) < 4.78 is 5.41. The molecule has 0 radical (unpaired) electrons. The van der Waals surface area contributed by atoms with Crippen LogP contribution in [-0.2, 0) is 4.74 Å². The number of carbonyl (C=O) groups excluding carboxylic acids is 1. The molecule has 0 heterocycles. The average molecular weight is 481 g/mol. The van der Waals surface area contributed by atoms with Crippen molar-refractivity contribution in [1.29, 1.82) is 0 Å². The second-order valence-corrected chi connectivity index (χ2v) is 10.1. The number of carbonyl (C=O) groups is 1. The fourth-order valence-corrected chi connectivity index (χ4v) is 7.80. The molecule has 3 aromatic rings. The van der Waals surface area contributed by atoms with E-state index in [-0.39, 0.29) is 23.0 Å². The average Bonchev–Trinajstić information content (AvgIpc) is 2.78. The van der Waals surface area contributed by atoms with Crippen molar-refractivity contribution in [3.8, 4) is 0 Å². The Morgan fingerprint density at radius 1 is 0.900 bits per heavy atom. The third-order valence-corrected chi connectivity index (χ3v) is 9.19. The molecule has 0 atom stereocenters. The lowest BCUT2D eigenvalue weighted by molar-refractivity contribution is -0.0000237. The SMILES string of the molecule is C=CC=CC[P+](c1ccccc1)(c1ccccc1)c1ccccc1C(=O)OCC.[Br-]. The summed E-state index contributed by atoms with van der Waals surface area (Å²) in [5, 5.41) is 3.51. The molecule has 0 fully saturated rings. The third kappa shape index (κ3) is 4.98. The van der Waals surface area contributed by atoms with E-state index in [0.717, 1.165) is 11.5 Å². The summed E-state index contributed by atoms with van der Waals surface area (Å²) in [4.78, 5) is 12.9. The highest BCUT2D eigenvalue weighted by Crippen LogP contribution is 2.56. The molecule has 0 aliphatic heterocycles. The molecule has 0 unspecified atom stereocenters. The van der Waals surface area contributed by atoms with Crippen molar-refractivity contribution in [1.82, 2.24) is 0 Å². The summed E-state index contributed by atoms with van der Waals surface area (Å²) in [6.07, 6.45) is 6.72. The first-order chi connectivity index (χ1) is 14.2. The number of benzene rings is 3. The van der Waals surface area contributed by atoms with Crippen molar-refractivity contribution in [3.63, 3.8) is 0 Å². The van der Waals surface area contributed by atoms with E-state index in [1.165, 1.54) is 10.6 Å². The Labute approximate surface area is 190 Å². The van der Waals surface area contributed by atoms with E-state index in [0.29, 0.717) is 12.2 Å². The van der Waals surface area contributed by atoms with Gasteiger partial charge in [-0.15, -0.1) is 0 Å². The molecule has 4 heteroatoms. The molecule has 0 N–H and O–H groups in total. The van der Waals surface area contributed by atoms with E-state index in [9.17, 15) is 4.79 Å². The summed E-state index contributed by atoms with van der Waals surface area (Å²) in [5.74, 6) is -0.271. The maximum absolute atomic E-state index is 12.9. The number of ether oxygens (including phenoxy) is 1. The maximum atomic E-state index is 12.9. The lowest BCUT2D eigenvalue weighted by Crippen LogP contribution is -3.00. The van der Waals surface area contributed by atoms with Crippen LogP contribution in [0.3, 0.4) is 0 Å². The summed E-state index contributed by atoms with van der Waals surface area (Å²) >= 11 is 0. The Morgan fingerprint density at radius 2 is 1.43 bits per heavy atom. The number of hydrogen-bond donors (Lipinski definition) is 0. The second kappa shape index (κ2) is 11.6. The van der Waals surface area contributed by atoms with Crippen molar-refractivity contribution in [2.45, 2.75) is 6.92 Å². The van der Waals surface area contributed by atoms with Crippen LogP contribution >= 0.6 is 7.26 Å². The lowest BCUT2D eigenvalue weighted by atomic mass is 10.2. The largest absolute Gasteiger partial charge is 1.00 e. The number of halogens is 1. The van der Waals surface area contributed by atoms with Gasteiger partial charge in [0.15, 0.2) is 0 Å². The standard InChI is InChI=1S/C26H26O2P.BrH/c1-3-5-14-21-29(22-15-8-6-9-16-22,23-17-10-7-11-18-23)25-20-13-12-19-24(25)26(27)28-4-2;/h3,5-20H,1,4,21H2,2H3;1H/q+1;/p-1. The first-order valence-corrected chi connectivity index (χ1v) is 11.7. The van der Waals surface area contributed by atoms with Crippen LogP contribution in [0.4, 0.5) is 0 Å². The highest BCUT2D eigenvalue weighted by molar-refractivity contribution is 7.96. The van der Waals surface area contributed by atoms with Crippen LogP contribution in [0.15, 0.2) is 110 Å². The van der Waals surface area contributed by atoms with Gasteiger partial charge in [-0.25, -0.2) is 4.79 Å².